The van der Waals surface area contributed by atoms with Gasteiger partial charge in [-0.2, -0.15) is 0 Å². The second-order valence-electron chi connectivity index (χ2n) is 5.08. The average Bonchev–Trinajstić information content (AvgIpc) is 3.26. The van der Waals surface area contributed by atoms with Crippen molar-refractivity contribution >= 4 is 11.6 Å². The van der Waals surface area contributed by atoms with Gasteiger partial charge < -0.3 is 10.1 Å². The lowest BCUT2D eigenvalue weighted by molar-refractivity contribution is 0.468. The molecule has 0 aliphatic heterocycles. The molecule has 1 saturated carbocycles. The van der Waals surface area contributed by atoms with E-state index in [0.29, 0.717) is 29.6 Å². The van der Waals surface area contributed by atoms with E-state index in [1.54, 1.807) is 6.07 Å². The Kier molecular flexibility index (Phi) is 4.08. The first kappa shape index (κ1) is 14.3. The van der Waals surface area contributed by atoms with Gasteiger partial charge in [-0.1, -0.05) is 11.6 Å². The molecule has 110 valence electrons. The van der Waals surface area contributed by atoms with E-state index >= 15 is 0 Å². The fourth-order valence-corrected chi connectivity index (χ4v) is 2.21. The Morgan fingerprint density at radius 2 is 1.71 bits per heavy atom. The molecule has 1 aliphatic carbocycles. The number of rotatable bonds is 5. The Balaban J connectivity index is 1.82. The van der Waals surface area contributed by atoms with Gasteiger partial charge in [0.2, 0.25) is 0 Å². The van der Waals surface area contributed by atoms with Gasteiger partial charge in [0.15, 0.2) is 0 Å². The Bertz CT molecular complexity index is 659. The molecule has 2 aromatic rings. The van der Waals surface area contributed by atoms with Crippen LogP contribution in [0, 0.1) is 11.6 Å². The van der Waals surface area contributed by atoms with Gasteiger partial charge in [0.05, 0.1) is 5.02 Å². The van der Waals surface area contributed by atoms with Crippen molar-refractivity contribution in [1.29, 1.82) is 0 Å². The van der Waals surface area contributed by atoms with Crippen molar-refractivity contribution in [3.05, 3.63) is 58.6 Å². The van der Waals surface area contributed by atoms with Crippen LogP contribution < -0.4 is 10.1 Å². The molecule has 0 bridgehead atoms. The fraction of sp³-hybridized carbons (Fsp3) is 0.250. The van der Waals surface area contributed by atoms with E-state index in [2.05, 4.69) is 5.32 Å². The lowest BCUT2D eigenvalue weighted by Gasteiger charge is -2.13. The summed E-state index contributed by atoms with van der Waals surface area (Å²) in [6.45, 7) is 0.524. The van der Waals surface area contributed by atoms with Gasteiger partial charge in [0.1, 0.15) is 23.1 Å². The van der Waals surface area contributed by atoms with Crippen LogP contribution in [0.1, 0.15) is 18.4 Å². The number of halogens is 3. The summed E-state index contributed by atoms with van der Waals surface area (Å²) in [5, 5.41) is 3.49. The highest BCUT2D eigenvalue weighted by Gasteiger charge is 2.21. The van der Waals surface area contributed by atoms with Crippen LogP contribution in [-0.4, -0.2) is 6.04 Å². The van der Waals surface area contributed by atoms with E-state index in [4.69, 9.17) is 16.3 Å². The molecule has 0 atom stereocenters. The van der Waals surface area contributed by atoms with Gasteiger partial charge in [0.25, 0.3) is 0 Å². The van der Waals surface area contributed by atoms with Crippen molar-refractivity contribution in [2.45, 2.75) is 25.4 Å². The number of hydrogen-bond donors (Lipinski definition) is 1. The number of nitrogens with one attached hydrogen (secondary N) is 1. The van der Waals surface area contributed by atoms with E-state index in [9.17, 15) is 8.78 Å². The molecule has 0 heterocycles. The minimum absolute atomic E-state index is 0.181. The average molecular weight is 310 g/mol. The SMILES string of the molecule is Fc1ccc(Oc2ccc(F)cc2CNC2CC2)c(Cl)c1. The van der Waals surface area contributed by atoms with Crippen LogP contribution in [0.5, 0.6) is 11.5 Å². The highest BCUT2D eigenvalue weighted by molar-refractivity contribution is 6.32. The molecule has 1 N–H and O–H groups in total. The van der Waals surface area contributed by atoms with Crippen molar-refractivity contribution in [2.75, 3.05) is 0 Å². The summed E-state index contributed by atoms with van der Waals surface area (Å²) < 4.78 is 32.1. The molecule has 0 spiro atoms. The largest absolute Gasteiger partial charge is 0.455 e. The van der Waals surface area contributed by atoms with Crippen LogP contribution in [0.25, 0.3) is 0 Å². The maximum atomic E-state index is 13.4. The first-order valence-corrected chi connectivity index (χ1v) is 7.14. The van der Waals surface area contributed by atoms with Gasteiger partial charge in [-0.3, -0.25) is 0 Å². The fourth-order valence-electron chi connectivity index (χ4n) is 2.00. The van der Waals surface area contributed by atoms with E-state index in [1.807, 2.05) is 0 Å². The predicted molar refractivity (Wildman–Crippen MR) is 77.7 cm³/mol. The summed E-state index contributed by atoms with van der Waals surface area (Å²) in [7, 11) is 0. The predicted octanol–water partition coefficient (Wildman–Crippen LogP) is 4.66. The van der Waals surface area contributed by atoms with Crippen molar-refractivity contribution in [3.8, 4) is 11.5 Å². The Hall–Kier alpha value is -1.65. The van der Waals surface area contributed by atoms with Crippen LogP contribution in [0.3, 0.4) is 0 Å². The maximum absolute atomic E-state index is 13.4. The number of hydrogen-bond acceptors (Lipinski definition) is 2. The zero-order valence-corrected chi connectivity index (χ0v) is 12.0. The summed E-state index contributed by atoms with van der Waals surface area (Å²) in [5.41, 5.74) is 0.710. The molecule has 2 aromatic carbocycles. The monoisotopic (exact) mass is 309 g/mol. The Morgan fingerprint density at radius 3 is 2.38 bits per heavy atom. The highest BCUT2D eigenvalue weighted by Crippen LogP contribution is 2.32. The third kappa shape index (κ3) is 3.71. The van der Waals surface area contributed by atoms with Crippen LogP contribution >= 0.6 is 11.6 Å². The summed E-state index contributed by atoms with van der Waals surface area (Å²) in [5.74, 6) is 0.109. The smallest absolute Gasteiger partial charge is 0.146 e. The quantitative estimate of drug-likeness (QED) is 0.867. The molecular weight excluding hydrogens is 296 g/mol. The summed E-state index contributed by atoms with van der Waals surface area (Å²) in [6.07, 6.45) is 2.30. The first-order valence-electron chi connectivity index (χ1n) is 6.76. The van der Waals surface area contributed by atoms with Gasteiger partial charge in [-0.05, 0) is 49.2 Å². The van der Waals surface area contributed by atoms with Crippen LogP contribution in [0.2, 0.25) is 5.02 Å². The van der Waals surface area contributed by atoms with E-state index in [1.165, 1.54) is 30.3 Å². The standard InChI is InChI=1S/C16H14ClF2NO/c17-14-8-12(19)2-6-16(14)21-15-5-1-11(18)7-10(15)9-20-13-3-4-13/h1-2,5-8,13,20H,3-4,9H2. The molecule has 1 aliphatic rings. The van der Waals surface area contributed by atoms with Crippen LogP contribution in [0.15, 0.2) is 36.4 Å². The topological polar surface area (TPSA) is 21.3 Å². The van der Waals surface area contributed by atoms with Crippen molar-refractivity contribution < 1.29 is 13.5 Å². The van der Waals surface area contributed by atoms with Crippen LogP contribution in [-0.2, 0) is 6.54 Å². The van der Waals surface area contributed by atoms with E-state index in [-0.39, 0.29) is 10.8 Å². The summed E-state index contributed by atoms with van der Waals surface area (Å²) in [6, 6.07) is 8.73. The highest BCUT2D eigenvalue weighted by atomic mass is 35.5. The van der Waals surface area contributed by atoms with Crippen LogP contribution in [0.4, 0.5) is 8.78 Å². The molecule has 0 aromatic heterocycles. The molecule has 0 amide bonds. The number of benzene rings is 2. The molecule has 2 nitrogen and oxygen atoms in total. The van der Waals surface area contributed by atoms with E-state index in [0.717, 1.165) is 12.8 Å². The molecule has 1 fully saturated rings. The molecule has 0 unspecified atom stereocenters. The molecule has 0 radical (unpaired) electrons. The van der Waals surface area contributed by atoms with E-state index < -0.39 is 5.82 Å². The third-order valence-electron chi connectivity index (χ3n) is 3.29. The molecule has 21 heavy (non-hydrogen) atoms. The second kappa shape index (κ2) is 6.00. The normalized spacial score (nSPS) is 14.2. The maximum Gasteiger partial charge on any atom is 0.146 e. The van der Waals surface area contributed by atoms with Gasteiger partial charge in [0, 0.05) is 18.2 Å². The lowest BCUT2D eigenvalue weighted by Crippen LogP contribution is -2.16. The van der Waals surface area contributed by atoms with Crippen molar-refractivity contribution in [3.63, 3.8) is 0 Å². The third-order valence-corrected chi connectivity index (χ3v) is 3.59. The molecular formula is C16H14ClF2NO. The minimum Gasteiger partial charge on any atom is -0.455 e. The Labute approximate surface area is 126 Å². The van der Waals surface area contributed by atoms with Gasteiger partial charge >= 0.3 is 0 Å². The zero-order chi connectivity index (χ0) is 14.8. The lowest BCUT2D eigenvalue weighted by atomic mass is 10.2. The number of ether oxygens (including phenoxy) is 1. The second-order valence-corrected chi connectivity index (χ2v) is 5.49. The summed E-state index contributed by atoms with van der Waals surface area (Å²) >= 11 is 5.95. The zero-order valence-electron chi connectivity index (χ0n) is 11.2. The molecule has 5 heteroatoms. The Morgan fingerprint density at radius 1 is 1.05 bits per heavy atom. The van der Waals surface area contributed by atoms with Crippen molar-refractivity contribution in [1.82, 2.24) is 5.32 Å². The van der Waals surface area contributed by atoms with Gasteiger partial charge in [-0.15, -0.1) is 0 Å². The first-order chi connectivity index (χ1) is 10.1. The van der Waals surface area contributed by atoms with Gasteiger partial charge in [-0.25, -0.2) is 8.78 Å². The van der Waals surface area contributed by atoms with Crippen molar-refractivity contribution in [2.24, 2.45) is 0 Å². The molecule has 0 saturated heterocycles. The molecule has 3 rings (SSSR count). The summed E-state index contributed by atoms with van der Waals surface area (Å²) in [4.78, 5) is 0. The minimum atomic E-state index is -0.429.